The van der Waals surface area contributed by atoms with Crippen LogP contribution in [0.25, 0.3) is 0 Å². The predicted octanol–water partition coefficient (Wildman–Crippen LogP) is 2.77. The number of Topliss-reactive ketones (excluding diaryl/α,β-unsaturated/α-hetero) is 1. The summed E-state index contributed by atoms with van der Waals surface area (Å²) in [6, 6.07) is 5.53. The molecule has 0 fully saturated rings. The lowest BCUT2D eigenvalue weighted by Crippen LogP contribution is -1.99. The second kappa shape index (κ2) is 3.58. The molecule has 0 saturated heterocycles. The molecule has 66 valence electrons. The molecule has 0 N–H and O–H groups in total. The van der Waals surface area contributed by atoms with Crippen LogP contribution in [0.5, 0.6) is 0 Å². The average Bonchev–Trinajstić information content (AvgIpc) is 2.74. The van der Waals surface area contributed by atoms with Gasteiger partial charge in [0.1, 0.15) is 0 Å². The minimum Gasteiger partial charge on any atom is -0.472 e. The van der Waals surface area contributed by atoms with Gasteiger partial charge in [-0.25, -0.2) is 0 Å². The number of thiophene rings is 1. The molecule has 13 heavy (non-hydrogen) atoms. The molecule has 0 aliphatic heterocycles. The summed E-state index contributed by atoms with van der Waals surface area (Å²) in [7, 11) is 0. The van der Waals surface area contributed by atoms with Crippen LogP contribution in [0.1, 0.15) is 15.2 Å². The third-order valence-electron chi connectivity index (χ3n) is 1.74. The summed E-state index contributed by atoms with van der Waals surface area (Å²) >= 11 is 1.47. The van der Waals surface area contributed by atoms with E-state index in [1.54, 1.807) is 12.5 Å². The number of carbonyl (C=O) groups is 1. The van der Waals surface area contributed by atoms with Crippen molar-refractivity contribution in [1.29, 1.82) is 0 Å². The van der Waals surface area contributed by atoms with Gasteiger partial charge in [0.15, 0.2) is 5.78 Å². The molecular weight excluding hydrogens is 184 g/mol. The largest absolute Gasteiger partial charge is 0.472 e. The Bertz CT molecular complexity index is 373. The van der Waals surface area contributed by atoms with Gasteiger partial charge < -0.3 is 4.42 Å². The summed E-state index contributed by atoms with van der Waals surface area (Å²) in [5, 5.41) is 1.91. The number of hydrogen-bond donors (Lipinski definition) is 0. The second-order valence-electron chi connectivity index (χ2n) is 2.71. The normalized spacial score (nSPS) is 10.2. The van der Waals surface area contributed by atoms with Gasteiger partial charge in [-0.05, 0) is 23.1 Å². The Morgan fingerprint density at radius 2 is 2.38 bits per heavy atom. The zero-order valence-electron chi connectivity index (χ0n) is 6.90. The van der Waals surface area contributed by atoms with Crippen molar-refractivity contribution in [2.75, 3.05) is 0 Å². The van der Waals surface area contributed by atoms with Crippen LogP contribution < -0.4 is 0 Å². The molecule has 0 amide bonds. The Balaban J connectivity index is 2.08. The standard InChI is InChI=1S/C10H8O2S/c11-9(10-2-1-5-13-10)6-8-3-4-12-7-8/h1-5,7H,6H2. The van der Waals surface area contributed by atoms with E-state index in [9.17, 15) is 4.79 Å². The molecule has 0 aromatic carbocycles. The molecule has 2 aromatic rings. The summed E-state index contributed by atoms with van der Waals surface area (Å²) < 4.78 is 4.88. The average molecular weight is 192 g/mol. The molecule has 0 aliphatic rings. The van der Waals surface area contributed by atoms with E-state index in [2.05, 4.69) is 0 Å². The highest BCUT2D eigenvalue weighted by Gasteiger charge is 2.07. The number of rotatable bonds is 3. The molecule has 0 radical (unpaired) electrons. The van der Waals surface area contributed by atoms with Gasteiger partial charge in [-0.3, -0.25) is 4.79 Å². The van der Waals surface area contributed by atoms with Crippen molar-refractivity contribution in [3.05, 3.63) is 46.5 Å². The van der Waals surface area contributed by atoms with Crippen LogP contribution in [-0.4, -0.2) is 5.78 Å². The van der Waals surface area contributed by atoms with Gasteiger partial charge in [-0.15, -0.1) is 11.3 Å². The second-order valence-corrected chi connectivity index (χ2v) is 3.66. The van der Waals surface area contributed by atoms with E-state index >= 15 is 0 Å². The first kappa shape index (κ1) is 8.26. The number of ketones is 1. The van der Waals surface area contributed by atoms with Gasteiger partial charge in [-0.1, -0.05) is 6.07 Å². The predicted molar refractivity (Wildman–Crippen MR) is 51.1 cm³/mol. The summed E-state index contributed by atoms with van der Waals surface area (Å²) in [5.41, 5.74) is 0.929. The maximum absolute atomic E-state index is 11.5. The fraction of sp³-hybridized carbons (Fsp3) is 0.100. The number of carbonyl (C=O) groups excluding carboxylic acids is 1. The molecule has 0 atom stereocenters. The van der Waals surface area contributed by atoms with Crippen LogP contribution >= 0.6 is 11.3 Å². The highest BCUT2D eigenvalue weighted by atomic mass is 32.1. The SMILES string of the molecule is O=C(Cc1ccoc1)c1cccs1. The lowest BCUT2D eigenvalue weighted by molar-refractivity contribution is 0.0996. The fourth-order valence-electron chi connectivity index (χ4n) is 1.10. The van der Waals surface area contributed by atoms with Crippen molar-refractivity contribution >= 4 is 17.1 Å². The van der Waals surface area contributed by atoms with Gasteiger partial charge in [0, 0.05) is 6.42 Å². The third kappa shape index (κ3) is 1.87. The summed E-state index contributed by atoms with van der Waals surface area (Å²) in [6.07, 6.45) is 3.61. The van der Waals surface area contributed by atoms with E-state index in [4.69, 9.17) is 4.42 Å². The lowest BCUT2D eigenvalue weighted by Gasteiger charge is -1.92. The van der Waals surface area contributed by atoms with Crippen molar-refractivity contribution in [3.63, 3.8) is 0 Å². The number of hydrogen-bond acceptors (Lipinski definition) is 3. The monoisotopic (exact) mass is 192 g/mol. The zero-order chi connectivity index (χ0) is 9.10. The van der Waals surface area contributed by atoms with Gasteiger partial charge in [0.05, 0.1) is 17.4 Å². The molecule has 0 saturated carbocycles. The Morgan fingerprint density at radius 1 is 1.46 bits per heavy atom. The van der Waals surface area contributed by atoms with Crippen LogP contribution in [0.15, 0.2) is 40.5 Å². The molecule has 0 spiro atoms. The number of furan rings is 1. The topological polar surface area (TPSA) is 30.2 Å². The van der Waals surface area contributed by atoms with Crippen LogP contribution in [0, 0.1) is 0 Å². The minimum atomic E-state index is 0.149. The summed E-state index contributed by atoms with van der Waals surface area (Å²) in [4.78, 5) is 12.3. The smallest absolute Gasteiger partial charge is 0.177 e. The van der Waals surface area contributed by atoms with E-state index < -0.39 is 0 Å². The van der Waals surface area contributed by atoms with Crippen molar-refractivity contribution in [1.82, 2.24) is 0 Å². The van der Waals surface area contributed by atoms with E-state index in [1.165, 1.54) is 11.3 Å². The molecule has 2 nitrogen and oxygen atoms in total. The lowest BCUT2D eigenvalue weighted by atomic mass is 10.1. The van der Waals surface area contributed by atoms with Crippen LogP contribution in [0.4, 0.5) is 0 Å². The first-order chi connectivity index (χ1) is 6.36. The van der Waals surface area contributed by atoms with E-state index in [-0.39, 0.29) is 5.78 Å². The quantitative estimate of drug-likeness (QED) is 0.700. The first-order valence-electron chi connectivity index (χ1n) is 3.94. The molecule has 2 aromatic heterocycles. The van der Waals surface area contributed by atoms with Crippen LogP contribution in [0.3, 0.4) is 0 Å². The maximum Gasteiger partial charge on any atom is 0.177 e. The van der Waals surface area contributed by atoms with Crippen molar-refractivity contribution in [2.24, 2.45) is 0 Å². The molecule has 0 unspecified atom stereocenters. The highest BCUT2D eigenvalue weighted by Crippen LogP contribution is 2.12. The minimum absolute atomic E-state index is 0.149. The molecule has 0 aliphatic carbocycles. The van der Waals surface area contributed by atoms with E-state index in [0.29, 0.717) is 6.42 Å². The van der Waals surface area contributed by atoms with Gasteiger partial charge >= 0.3 is 0 Å². The molecule has 2 heterocycles. The summed E-state index contributed by atoms with van der Waals surface area (Å²) in [6.45, 7) is 0. The summed E-state index contributed by atoms with van der Waals surface area (Å²) in [5.74, 6) is 0.149. The van der Waals surface area contributed by atoms with Crippen LogP contribution in [0.2, 0.25) is 0 Å². The first-order valence-corrected chi connectivity index (χ1v) is 4.82. The Labute approximate surface area is 79.8 Å². The molecular formula is C10H8O2S. The highest BCUT2D eigenvalue weighted by molar-refractivity contribution is 7.12. The maximum atomic E-state index is 11.5. The van der Waals surface area contributed by atoms with Gasteiger partial charge in [0.2, 0.25) is 0 Å². The Kier molecular flexibility index (Phi) is 2.27. The van der Waals surface area contributed by atoms with Crippen molar-refractivity contribution in [2.45, 2.75) is 6.42 Å². The molecule has 0 bridgehead atoms. The fourth-order valence-corrected chi connectivity index (χ4v) is 1.77. The van der Waals surface area contributed by atoms with E-state index in [0.717, 1.165) is 10.4 Å². The Hall–Kier alpha value is -1.35. The van der Waals surface area contributed by atoms with Crippen molar-refractivity contribution in [3.8, 4) is 0 Å². The zero-order valence-corrected chi connectivity index (χ0v) is 7.71. The van der Waals surface area contributed by atoms with Crippen LogP contribution in [-0.2, 0) is 6.42 Å². The van der Waals surface area contributed by atoms with E-state index in [1.807, 2.05) is 23.6 Å². The van der Waals surface area contributed by atoms with Crippen molar-refractivity contribution < 1.29 is 9.21 Å². The Morgan fingerprint density at radius 3 is 3.00 bits per heavy atom. The molecule has 3 heteroatoms. The van der Waals surface area contributed by atoms with Gasteiger partial charge in [0.25, 0.3) is 0 Å². The van der Waals surface area contributed by atoms with Gasteiger partial charge in [-0.2, -0.15) is 0 Å². The molecule has 2 rings (SSSR count). The third-order valence-corrected chi connectivity index (χ3v) is 2.65.